The van der Waals surface area contributed by atoms with E-state index < -0.39 is 6.04 Å². The van der Waals surface area contributed by atoms with Gasteiger partial charge in [0.15, 0.2) is 5.82 Å². The minimum Gasteiger partial charge on any atom is -0.494 e. The third-order valence-electron chi connectivity index (χ3n) is 3.84. The van der Waals surface area contributed by atoms with Crippen LogP contribution in [-0.2, 0) is 4.79 Å². The average Bonchev–Trinajstić information content (AvgIpc) is 3.29. The molecule has 28 heavy (non-hydrogen) atoms. The molecule has 3 aromatic rings. The van der Waals surface area contributed by atoms with Gasteiger partial charge in [0.1, 0.15) is 17.5 Å². The summed E-state index contributed by atoms with van der Waals surface area (Å²) in [7, 11) is 1.54. The quantitative estimate of drug-likeness (QED) is 0.579. The molecule has 1 unspecified atom stereocenters. The van der Waals surface area contributed by atoms with E-state index in [0.717, 1.165) is 3.79 Å². The maximum atomic E-state index is 12.5. The number of rotatable bonds is 6. The van der Waals surface area contributed by atoms with E-state index in [0.29, 0.717) is 27.8 Å². The minimum absolute atomic E-state index is 0.307. The Kier molecular flexibility index (Phi) is 6.05. The smallest absolute Gasteiger partial charge is 0.262 e. The molecular weight excluding hydrogens is 448 g/mol. The van der Waals surface area contributed by atoms with Crippen molar-refractivity contribution >= 4 is 44.8 Å². The number of aryl methyl sites for hydroxylation is 1. The van der Waals surface area contributed by atoms with E-state index in [1.54, 1.807) is 44.2 Å². The summed E-state index contributed by atoms with van der Waals surface area (Å²) in [6.45, 7) is 3.37. The highest BCUT2D eigenvalue weighted by atomic mass is 79.9. The van der Waals surface area contributed by atoms with Crippen LogP contribution >= 0.6 is 27.3 Å². The number of carbonyl (C=O) groups excluding carboxylic acids is 2. The Balaban J connectivity index is 1.73. The summed E-state index contributed by atoms with van der Waals surface area (Å²) in [5, 5.41) is 16.9. The van der Waals surface area contributed by atoms with Crippen LogP contribution in [0.15, 0.2) is 34.1 Å². The van der Waals surface area contributed by atoms with Gasteiger partial charge in [-0.25, -0.2) is 0 Å². The molecule has 2 heterocycles. The second-order valence-corrected chi connectivity index (χ2v) is 8.28. The highest BCUT2D eigenvalue weighted by molar-refractivity contribution is 9.11. The first-order valence-electron chi connectivity index (χ1n) is 8.19. The number of hydrogen-bond acceptors (Lipinski definition) is 7. The van der Waals surface area contributed by atoms with Crippen LogP contribution in [0.1, 0.15) is 22.4 Å². The van der Waals surface area contributed by atoms with Crippen molar-refractivity contribution in [2.75, 3.05) is 12.4 Å². The topological polar surface area (TPSA) is 111 Å². The summed E-state index contributed by atoms with van der Waals surface area (Å²) in [6.07, 6.45) is 0. The second kappa shape index (κ2) is 8.48. The van der Waals surface area contributed by atoms with E-state index in [-0.39, 0.29) is 11.8 Å². The van der Waals surface area contributed by atoms with Crippen molar-refractivity contribution in [2.24, 2.45) is 0 Å². The molecule has 0 fully saturated rings. The molecule has 9 nitrogen and oxygen atoms in total. The fourth-order valence-electron chi connectivity index (χ4n) is 2.41. The Hall–Kier alpha value is -2.79. The summed E-state index contributed by atoms with van der Waals surface area (Å²) in [4.78, 5) is 25.2. The van der Waals surface area contributed by atoms with Crippen molar-refractivity contribution in [3.05, 3.63) is 44.8 Å². The number of hydrogen-bond donors (Lipinski definition) is 2. The molecule has 3 rings (SSSR count). The molecule has 146 valence electrons. The SMILES string of the molecule is COc1ccc(NC(=O)C(C)NC(=O)c2ccc(Br)s2)cc1-n1nnnc1C. The van der Waals surface area contributed by atoms with Crippen LogP contribution in [0.3, 0.4) is 0 Å². The summed E-state index contributed by atoms with van der Waals surface area (Å²) >= 11 is 4.61. The molecule has 1 atom stereocenters. The Morgan fingerprint density at radius 1 is 1.29 bits per heavy atom. The summed E-state index contributed by atoms with van der Waals surface area (Å²) in [5.74, 6) is 0.467. The zero-order valence-corrected chi connectivity index (χ0v) is 17.7. The number of thiophene rings is 1. The van der Waals surface area contributed by atoms with Crippen LogP contribution in [-0.4, -0.2) is 45.2 Å². The summed E-state index contributed by atoms with van der Waals surface area (Å²) < 4.78 is 7.70. The van der Waals surface area contributed by atoms with Gasteiger partial charge in [0, 0.05) is 5.69 Å². The molecule has 2 N–H and O–H groups in total. The van der Waals surface area contributed by atoms with Crippen molar-refractivity contribution in [1.82, 2.24) is 25.5 Å². The summed E-state index contributed by atoms with van der Waals surface area (Å²) in [6, 6.07) is 7.85. The number of nitrogens with zero attached hydrogens (tertiary/aromatic N) is 4. The molecule has 0 aliphatic rings. The number of anilines is 1. The molecule has 0 bridgehead atoms. The fraction of sp³-hybridized carbons (Fsp3) is 0.235. The van der Waals surface area contributed by atoms with Gasteiger partial charge >= 0.3 is 0 Å². The van der Waals surface area contributed by atoms with E-state index in [4.69, 9.17) is 4.74 Å². The van der Waals surface area contributed by atoms with Gasteiger partial charge in [-0.1, -0.05) is 0 Å². The number of tetrazole rings is 1. The number of benzene rings is 1. The lowest BCUT2D eigenvalue weighted by Gasteiger charge is -2.15. The standard InChI is InChI=1S/C17H17BrN6O3S/c1-9(19-17(26)14-6-7-15(18)28-14)16(25)20-11-4-5-13(27-3)12(8-11)24-10(2)21-22-23-24/h4-9H,1-3H3,(H,19,26)(H,20,25). The lowest BCUT2D eigenvalue weighted by molar-refractivity contribution is -0.117. The molecule has 0 saturated carbocycles. The molecule has 0 radical (unpaired) electrons. The minimum atomic E-state index is -0.728. The maximum absolute atomic E-state index is 12.5. The maximum Gasteiger partial charge on any atom is 0.262 e. The molecular formula is C17H17BrN6O3S. The normalized spacial score (nSPS) is 11.7. The largest absolute Gasteiger partial charge is 0.494 e. The molecule has 2 amide bonds. The van der Waals surface area contributed by atoms with Crippen LogP contribution in [0.5, 0.6) is 5.75 Å². The lowest BCUT2D eigenvalue weighted by atomic mass is 10.2. The Morgan fingerprint density at radius 3 is 2.68 bits per heavy atom. The van der Waals surface area contributed by atoms with E-state index in [1.807, 2.05) is 0 Å². The monoisotopic (exact) mass is 464 g/mol. The first-order valence-corrected chi connectivity index (χ1v) is 9.80. The molecule has 1 aromatic carbocycles. The zero-order valence-electron chi connectivity index (χ0n) is 15.3. The van der Waals surface area contributed by atoms with Crippen LogP contribution in [0.4, 0.5) is 5.69 Å². The number of aromatic nitrogens is 4. The predicted octanol–water partition coefficient (Wildman–Crippen LogP) is 2.56. The van der Waals surface area contributed by atoms with Crippen molar-refractivity contribution in [3.63, 3.8) is 0 Å². The zero-order chi connectivity index (χ0) is 20.3. The number of ether oxygens (including phenoxy) is 1. The van der Waals surface area contributed by atoms with Crippen LogP contribution in [0.2, 0.25) is 0 Å². The van der Waals surface area contributed by atoms with Gasteiger partial charge in [-0.05, 0) is 70.5 Å². The molecule has 0 aliphatic carbocycles. The van der Waals surface area contributed by atoms with Gasteiger partial charge in [-0.15, -0.1) is 16.4 Å². The summed E-state index contributed by atoms with van der Waals surface area (Å²) in [5.41, 5.74) is 1.11. The second-order valence-electron chi connectivity index (χ2n) is 5.81. The van der Waals surface area contributed by atoms with E-state index in [2.05, 4.69) is 42.1 Å². The van der Waals surface area contributed by atoms with Gasteiger partial charge in [-0.3, -0.25) is 9.59 Å². The van der Waals surface area contributed by atoms with Crippen LogP contribution < -0.4 is 15.4 Å². The molecule has 11 heteroatoms. The Labute approximate surface area is 173 Å². The molecule has 0 aliphatic heterocycles. The third kappa shape index (κ3) is 4.37. The Bertz CT molecular complexity index is 1020. The third-order valence-corrected chi connectivity index (χ3v) is 5.46. The van der Waals surface area contributed by atoms with Gasteiger partial charge < -0.3 is 15.4 Å². The lowest BCUT2D eigenvalue weighted by Crippen LogP contribution is -2.41. The number of halogens is 1. The van der Waals surface area contributed by atoms with Crippen molar-refractivity contribution < 1.29 is 14.3 Å². The average molecular weight is 465 g/mol. The van der Waals surface area contributed by atoms with Crippen LogP contribution in [0.25, 0.3) is 5.69 Å². The van der Waals surface area contributed by atoms with E-state index >= 15 is 0 Å². The van der Waals surface area contributed by atoms with Crippen molar-refractivity contribution in [2.45, 2.75) is 19.9 Å². The van der Waals surface area contributed by atoms with Gasteiger partial charge in [0.2, 0.25) is 5.91 Å². The highest BCUT2D eigenvalue weighted by Gasteiger charge is 2.19. The molecule has 0 saturated heterocycles. The molecule has 0 spiro atoms. The first kappa shape index (κ1) is 20.0. The van der Waals surface area contributed by atoms with E-state index in [9.17, 15) is 9.59 Å². The van der Waals surface area contributed by atoms with E-state index in [1.165, 1.54) is 23.1 Å². The molecule has 2 aromatic heterocycles. The van der Waals surface area contributed by atoms with Crippen molar-refractivity contribution in [1.29, 1.82) is 0 Å². The van der Waals surface area contributed by atoms with Gasteiger partial charge in [-0.2, -0.15) is 4.68 Å². The highest BCUT2D eigenvalue weighted by Crippen LogP contribution is 2.26. The Morgan fingerprint density at radius 2 is 2.07 bits per heavy atom. The van der Waals surface area contributed by atoms with Crippen LogP contribution in [0, 0.1) is 6.92 Å². The van der Waals surface area contributed by atoms with Gasteiger partial charge in [0.25, 0.3) is 5.91 Å². The number of amides is 2. The predicted molar refractivity (Wildman–Crippen MR) is 108 cm³/mol. The number of methoxy groups -OCH3 is 1. The first-order chi connectivity index (χ1) is 13.4. The van der Waals surface area contributed by atoms with Crippen molar-refractivity contribution in [3.8, 4) is 11.4 Å². The fourth-order valence-corrected chi connectivity index (χ4v) is 3.70. The number of nitrogens with one attached hydrogen (secondary N) is 2. The number of carbonyl (C=O) groups is 2. The van der Waals surface area contributed by atoms with Gasteiger partial charge in [0.05, 0.1) is 15.8 Å².